The van der Waals surface area contributed by atoms with Crippen LogP contribution in [0.3, 0.4) is 0 Å². The first-order valence-electron chi connectivity index (χ1n) is 23.8. The Labute approximate surface area is 384 Å². The average molecular weight is 943 g/mol. The van der Waals surface area contributed by atoms with Gasteiger partial charge in [-0.05, 0) is 69.8 Å². The zero-order chi connectivity index (χ0) is 47.0. The molecule has 7 N–H and O–H groups in total. The van der Waals surface area contributed by atoms with Gasteiger partial charge >= 0.3 is 5.97 Å². The van der Waals surface area contributed by atoms with Gasteiger partial charge in [-0.25, -0.2) is 0 Å². The van der Waals surface area contributed by atoms with Crippen LogP contribution in [0.5, 0.6) is 0 Å². The van der Waals surface area contributed by atoms with E-state index in [1.807, 2.05) is 6.92 Å². The van der Waals surface area contributed by atoms with Crippen LogP contribution < -0.4 is 0 Å². The molecule has 25 atom stereocenters. The van der Waals surface area contributed by atoms with Crippen LogP contribution >= 0.6 is 0 Å². The molecule has 1 saturated carbocycles. The van der Waals surface area contributed by atoms with E-state index in [9.17, 15) is 40.5 Å². The summed E-state index contributed by atoms with van der Waals surface area (Å²) in [6, 6.07) is 0. The zero-order valence-corrected chi connectivity index (χ0v) is 38.4. The number of aliphatic hydroxyl groups is 7. The van der Waals surface area contributed by atoms with Crippen molar-refractivity contribution >= 4 is 5.97 Å². The van der Waals surface area contributed by atoms with E-state index in [0.717, 1.165) is 24.0 Å². The van der Waals surface area contributed by atoms with Gasteiger partial charge in [0.1, 0.15) is 48.8 Å². The fourth-order valence-electron chi connectivity index (χ4n) is 12.4. The SMILES string of the molecule is CO[C@@H]1C[C@H](O[C@H]2[C@@H](O)C[C@H](O[C@H]3[C@@H](O)C[C@H](O[C@@H]4CC5=CC[C@H]6C(=O)O[C@@H]7CO[C@]8(C)OC=C(CC[C@@H]6[C@@]5(C)C[C@H]4O)[C@H]78)O[C@@H]3C)O[C@@H]2C)O[C@@H](C)[C@@H]1O[C@@H]1O[C@H](CO)[C@@H](O)[C@H](O)[C@H]1O. The minimum Gasteiger partial charge on any atom is -0.469 e. The summed E-state index contributed by atoms with van der Waals surface area (Å²) in [5.41, 5.74) is 1.77. The number of aliphatic hydroxyl groups excluding tert-OH is 7. The van der Waals surface area contributed by atoms with Crippen molar-refractivity contribution < 1.29 is 97.4 Å². The summed E-state index contributed by atoms with van der Waals surface area (Å²) >= 11 is 0. The van der Waals surface area contributed by atoms with Crippen molar-refractivity contribution in [3.63, 3.8) is 0 Å². The maximum absolute atomic E-state index is 13.7. The Morgan fingerprint density at radius 3 is 2.03 bits per heavy atom. The Morgan fingerprint density at radius 2 is 1.39 bits per heavy atom. The first-order chi connectivity index (χ1) is 31.4. The van der Waals surface area contributed by atoms with Crippen molar-refractivity contribution in [3.05, 3.63) is 23.5 Å². The summed E-state index contributed by atoms with van der Waals surface area (Å²) in [6.07, 6.45) is -11.8. The highest BCUT2D eigenvalue weighted by Crippen LogP contribution is 2.57. The molecule has 6 saturated heterocycles. The lowest BCUT2D eigenvalue weighted by Crippen LogP contribution is -2.62. The third-order valence-electron chi connectivity index (χ3n) is 16.1. The smallest absolute Gasteiger partial charge is 0.309 e. The zero-order valence-electron chi connectivity index (χ0n) is 38.4. The number of hydrogen-bond acceptors (Lipinski definition) is 20. The monoisotopic (exact) mass is 942 g/mol. The van der Waals surface area contributed by atoms with Gasteiger partial charge in [-0.15, -0.1) is 0 Å². The van der Waals surface area contributed by atoms with Crippen LogP contribution in [0.1, 0.15) is 86.0 Å². The molecule has 7 fully saturated rings. The molecule has 7 aliphatic heterocycles. The molecule has 0 aromatic heterocycles. The topological polar surface area (TPSA) is 269 Å². The maximum Gasteiger partial charge on any atom is 0.309 e. The number of carbonyl (C=O) groups is 1. The quantitative estimate of drug-likeness (QED) is 0.114. The average Bonchev–Trinajstić information content (AvgIpc) is 3.79. The standard InChI is InChI=1S/C46H70O20/c1-19-40(64-34-13-27(49)41(20(2)59-34)65-35-14-30(55-6)42(21(3)60-35)66-44-39(53)38(52)37(51)31(16-47)63-44)26(48)12-33(58-19)61-29-11-23-8-9-24-25(45(23,4)15-28(29)50)10-7-22-17-56-46(5)36(22)32(18-57-46)62-43(24)54/h8,17,19-21,24-42,44,47-53H,7,9-16,18H2,1-6H3/t19-,20-,21+,24-,25+,26+,27+,28-,29-,30-,31-,32-,33+,34+,35+,36-,37-,38+,39-,40-,41-,42+,44+,45+,46+/m1/s1. The van der Waals surface area contributed by atoms with Crippen LogP contribution in [-0.4, -0.2) is 191 Å². The van der Waals surface area contributed by atoms with Gasteiger partial charge < -0.3 is 92.6 Å². The van der Waals surface area contributed by atoms with Gasteiger partial charge in [0.25, 0.3) is 0 Å². The van der Waals surface area contributed by atoms with E-state index in [4.69, 9.17) is 56.8 Å². The molecule has 374 valence electrons. The molecule has 2 aliphatic carbocycles. The Kier molecular flexibility index (Phi) is 14.4. The van der Waals surface area contributed by atoms with Crippen LogP contribution in [-0.2, 0) is 61.6 Å². The molecular weight excluding hydrogens is 872 g/mol. The molecule has 0 aromatic carbocycles. The number of allylic oxidation sites excluding steroid dienone is 1. The molecular formula is C46H70O20. The van der Waals surface area contributed by atoms with Gasteiger partial charge in [0, 0.05) is 33.3 Å². The summed E-state index contributed by atoms with van der Waals surface area (Å²) in [5.74, 6) is -1.59. The Bertz CT molecular complexity index is 1760. The van der Waals surface area contributed by atoms with E-state index in [1.165, 1.54) is 7.11 Å². The minimum atomic E-state index is -1.61. The van der Waals surface area contributed by atoms with E-state index in [0.29, 0.717) is 25.9 Å². The summed E-state index contributed by atoms with van der Waals surface area (Å²) in [7, 11) is 1.47. The molecule has 9 rings (SSSR count). The predicted octanol–water partition coefficient (Wildman–Crippen LogP) is 0.174. The van der Waals surface area contributed by atoms with E-state index < -0.39 is 141 Å². The lowest BCUT2D eigenvalue weighted by atomic mass is 9.55. The number of hydrogen-bond donors (Lipinski definition) is 7. The van der Waals surface area contributed by atoms with Crippen LogP contribution in [0.25, 0.3) is 0 Å². The highest BCUT2D eigenvalue weighted by Gasteiger charge is 2.59. The molecule has 0 aromatic rings. The predicted molar refractivity (Wildman–Crippen MR) is 222 cm³/mol. The van der Waals surface area contributed by atoms with Crippen LogP contribution in [0.15, 0.2) is 23.5 Å². The van der Waals surface area contributed by atoms with Crippen molar-refractivity contribution in [1.82, 2.24) is 0 Å². The van der Waals surface area contributed by atoms with Gasteiger partial charge in [-0.2, -0.15) is 0 Å². The first-order valence-corrected chi connectivity index (χ1v) is 23.8. The fourth-order valence-corrected chi connectivity index (χ4v) is 12.4. The summed E-state index contributed by atoms with van der Waals surface area (Å²) in [4.78, 5) is 13.7. The molecule has 7 heterocycles. The number of rotatable bonds is 10. The molecule has 0 spiro atoms. The van der Waals surface area contributed by atoms with Gasteiger partial charge in [0.05, 0.1) is 80.1 Å². The van der Waals surface area contributed by atoms with Crippen LogP contribution in [0.4, 0.5) is 0 Å². The van der Waals surface area contributed by atoms with E-state index in [1.54, 1.807) is 27.0 Å². The maximum atomic E-state index is 13.7. The lowest BCUT2D eigenvalue weighted by Gasteiger charge is -2.52. The van der Waals surface area contributed by atoms with E-state index in [-0.39, 0.29) is 43.0 Å². The molecule has 0 radical (unpaired) electrons. The van der Waals surface area contributed by atoms with E-state index in [2.05, 4.69) is 13.0 Å². The largest absolute Gasteiger partial charge is 0.469 e. The van der Waals surface area contributed by atoms with Crippen molar-refractivity contribution in [3.8, 4) is 0 Å². The molecule has 0 unspecified atom stereocenters. The summed E-state index contributed by atoms with van der Waals surface area (Å²) in [6.45, 7) is 8.94. The molecule has 66 heavy (non-hydrogen) atoms. The molecule has 0 bridgehead atoms. The van der Waals surface area contributed by atoms with Gasteiger partial charge in [0.2, 0.25) is 5.79 Å². The minimum absolute atomic E-state index is 0.0196. The highest BCUT2D eigenvalue weighted by atomic mass is 16.8. The second kappa shape index (κ2) is 19.3. The Balaban J connectivity index is 0.757. The number of methoxy groups -OCH3 is 1. The molecule has 20 heteroatoms. The third-order valence-corrected chi connectivity index (χ3v) is 16.1. The first kappa shape index (κ1) is 49.1. The second-order valence-corrected chi connectivity index (χ2v) is 20.3. The van der Waals surface area contributed by atoms with Crippen molar-refractivity contribution in [2.75, 3.05) is 20.3 Å². The van der Waals surface area contributed by atoms with Crippen LogP contribution in [0.2, 0.25) is 0 Å². The normalized spacial score (nSPS) is 52.9. The van der Waals surface area contributed by atoms with Gasteiger partial charge in [0.15, 0.2) is 25.2 Å². The molecule has 9 aliphatic rings. The molecule has 0 amide bonds. The van der Waals surface area contributed by atoms with Crippen LogP contribution in [0, 0.1) is 23.2 Å². The van der Waals surface area contributed by atoms with Crippen molar-refractivity contribution in [2.24, 2.45) is 23.2 Å². The number of carbonyl (C=O) groups excluding carboxylic acids is 1. The Morgan fingerprint density at radius 1 is 0.758 bits per heavy atom. The third kappa shape index (κ3) is 9.15. The lowest BCUT2D eigenvalue weighted by molar-refractivity contribution is -0.356. The summed E-state index contributed by atoms with van der Waals surface area (Å²) < 4.78 is 72.7. The number of fused-ring (bicyclic) bond motifs is 3. The van der Waals surface area contributed by atoms with Gasteiger partial charge in [-0.3, -0.25) is 4.79 Å². The molecule has 20 nitrogen and oxygen atoms in total. The number of ether oxygens (including phenoxy) is 12. The fraction of sp³-hybridized carbons (Fsp3) is 0.891. The summed E-state index contributed by atoms with van der Waals surface area (Å²) in [5, 5.41) is 74.9. The highest BCUT2D eigenvalue weighted by molar-refractivity contribution is 5.74. The second-order valence-electron chi connectivity index (χ2n) is 20.3. The van der Waals surface area contributed by atoms with Crippen molar-refractivity contribution in [2.45, 2.75) is 215 Å². The Hall–Kier alpha value is -1.93. The number of esters is 1. The van der Waals surface area contributed by atoms with E-state index >= 15 is 0 Å². The van der Waals surface area contributed by atoms with Crippen molar-refractivity contribution in [1.29, 1.82) is 0 Å². The van der Waals surface area contributed by atoms with Gasteiger partial charge in [-0.1, -0.05) is 18.6 Å².